The molecule has 6 heteroatoms. The van der Waals surface area contributed by atoms with Crippen molar-refractivity contribution in [3.05, 3.63) is 30.1 Å². The summed E-state index contributed by atoms with van der Waals surface area (Å²) >= 11 is 0. The van der Waals surface area contributed by atoms with E-state index in [1.807, 2.05) is 6.07 Å². The Balaban J connectivity index is 2.46. The highest BCUT2D eigenvalue weighted by Crippen LogP contribution is 2.05. The van der Waals surface area contributed by atoms with Crippen LogP contribution in [0.15, 0.2) is 24.5 Å². The van der Waals surface area contributed by atoms with Gasteiger partial charge in [-0.1, -0.05) is 13.0 Å². The molecule has 0 bridgehead atoms. The van der Waals surface area contributed by atoms with Crippen LogP contribution < -0.4 is 5.32 Å². The predicted molar refractivity (Wildman–Crippen MR) is 72.7 cm³/mol. The van der Waals surface area contributed by atoms with Gasteiger partial charge in [0, 0.05) is 32.5 Å². The smallest absolute Gasteiger partial charge is 0.215 e. The van der Waals surface area contributed by atoms with Crippen molar-refractivity contribution < 1.29 is 8.42 Å². The molecule has 1 aromatic rings. The molecule has 0 aliphatic rings. The Morgan fingerprint density at radius 3 is 2.78 bits per heavy atom. The van der Waals surface area contributed by atoms with Gasteiger partial charge in [0.05, 0.1) is 5.75 Å². The Morgan fingerprint density at radius 1 is 1.39 bits per heavy atom. The van der Waals surface area contributed by atoms with Crippen molar-refractivity contribution in [3.63, 3.8) is 0 Å². The van der Waals surface area contributed by atoms with Crippen LogP contribution in [0.3, 0.4) is 0 Å². The first-order chi connectivity index (χ1) is 8.56. The summed E-state index contributed by atoms with van der Waals surface area (Å²) in [5.74, 6) is 0.129. The summed E-state index contributed by atoms with van der Waals surface area (Å²) in [6, 6.07) is 3.67. The zero-order valence-corrected chi connectivity index (χ0v) is 11.8. The zero-order valence-electron chi connectivity index (χ0n) is 11.0. The normalized spacial score (nSPS) is 11.9. The molecule has 0 aliphatic carbocycles. The van der Waals surface area contributed by atoms with Crippen LogP contribution in [0.4, 0.5) is 0 Å². The van der Waals surface area contributed by atoms with Gasteiger partial charge < -0.3 is 5.32 Å². The van der Waals surface area contributed by atoms with Gasteiger partial charge in [0.15, 0.2) is 0 Å². The van der Waals surface area contributed by atoms with Gasteiger partial charge in [-0.25, -0.2) is 12.7 Å². The highest BCUT2D eigenvalue weighted by molar-refractivity contribution is 7.89. The molecule has 1 heterocycles. The third kappa shape index (κ3) is 5.12. The molecular weight excluding hydrogens is 250 g/mol. The summed E-state index contributed by atoms with van der Waals surface area (Å²) in [5.41, 5.74) is 0.894. The second-order valence-corrected chi connectivity index (χ2v) is 6.38. The molecule has 0 unspecified atom stereocenters. The van der Waals surface area contributed by atoms with Gasteiger partial charge in [-0.15, -0.1) is 0 Å². The highest BCUT2D eigenvalue weighted by Gasteiger charge is 2.17. The molecule has 0 spiro atoms. The average molecular weight is 271 g/mol. The Bertz CT molecular complexity index is 434. The second kappa shape index (κ2) is 7.45. The van der Waals surface area contributed by atoms with E-state index in [0.29, 0.717) is 13.1 Å². The quantitative estimate of drug-likeness (QED) is 0.712. The topological polar surface area (TPSA) is 62.3 Å². The van der Waals surface area contributed by atoms with Crippen molar-refractivity contribution in [2.24, 2.45) is 0 Å². The fourth-order valence-corrected chi connectivity index (χ4v) is 2.57. The maximum atomic E-state index is 12.0. The fourth-order valence-electron chi connectivity index (χ4n) is 1.51. The monoisotopic (exact) mass is 271 g/mol. The molecule has 5 nitrogen and oxygen atoms in total. The number of nitrogens with zero attached hydrogens (tertiary/aromatic N) is 2. The van der Waals surface area contributed by atoms with E-state index in [1.165, 1.54) is 4.31 Å². The van der Waals surface area contributed by atoms with E-state index in [9.17, 15) is 8.42 Å². The maximum Gasteiger partial charge on any atom is 0.215 e. The second-order valence-electron chi connectivity index (χ2n) is 4.18. The predicted octanol–water partition coefficient (Wildman–Crippen LogP) is 0.843. The van der Waals surface area contributed by atoms with Gasteiger partial charge in [-0.3, -0.25) is 4.98 Å². The van der Waals surface area contributed by atoms with Crippen molar-refractivity contribution in [2.75, 3.05) is 25.9 Å². The Kier molecular flexibility index (Phi) is 6.24. The number of hydrogen-bond acceptors (Lipinski definition) is 4. The first-order valence-electron chi connectivity index (χ1n) is 6.10. The van der Waals surface area contributed by atoms with Crippen LogP contribution >= 0.6 is 0 Å². The molecule has 0 amide bonds. The lowest BCUT2D eigenvalue weighted by Gasteiger charge is -2.17. The molecule has 102 valence electrons. The molecule has 1 rings (SSSR count). The highest BCUT2D eigenvalue weighted by atomic mass is 32.2. The molecule has 1 N–H and O–H groups in total. The molecule has 0 radical (unpaired) electrons. The maximum absolute atomic E-state index is 12.0. The summed E-state index contributed by atoms with van der Waals surface area (Å²) in [7, 11) is -1.60. The largest absolute Gasteiger partial charge is 0.316 e. The Hall–Kier alpha value is -0.980. The SMILES string of the molecule is CCCNCCS(=O)(=O)N(C)Cc1cccnc1. The average Bonchev–Trinajstić information content (AvgIpc) is 2.36. The number of hydrogen-bond donors (Lipinski definition) is 1. The first kappa shape index (κ1) is 15.1. The zero-order chi connectivity index (χ0) is 13.4. The number of nitrogens with one attached hydrogen (secondary N) is 1. The van der Waals surface area contributed by atoms with Gasteiger partial charge in [0.1, 0.15) is 0 Å². The van der Waals surface area contributed by atoms with E-state index in [-0.39, 0.29) is 5.75 Å². The van der Waals surface area contributed by atoms with E-state index in [2.05, 4.69) is 17.2 Å². The van der Waals surface area contributed by atoms with E-state index < -0.39 is 10.0 Å². The van der Waals surface area contributed by atoms with Gasteiger partial charge >= 0.3 is 0 Å². The lowest BCUT2D eigenvalue weighted by Crippen LogP contribution is -2.33. The van der Waals surface area contributed by atoms with Crippen LogP contribution in [0.5, 0.6) is 0 Å². The summed E-state index contributed by atoms with van der Waals surface area (Å²) in [5, 5.41) is 3.09. The number of rotatable bonds is 8. The van der Waals surface area contributed by atoms with Gasteiger partial charge in [-0.05, 0) is 24.6 Å². The standard InChI is InChI=1S/C12H21N3O2S/c1-3-6-13-8-9-18(16,17)15(2)11-12-5-4-7-14-10-12/h4-5,7,10,13H,3,6,8-9,11H2,1-2H3. The summed E-state index contributed by atoms with van der Waals surface area (Å²) in [4.78, 5) is 3.97. The lowest BCUT2D eigenvalue weighted by atomic mass is 10.3. The Morgan fingerprint density at radius 2 is 2.17 bits per heavy atom. The van der Waals surface area contributed by atoms with Gasteiger partial charge in [0.2, 0.25) is 10.0 Å². The van der Waals surface area contributed by atoms with Gasteiger partial charge in [-0.2, -0.15) is 0 Å². The van der Waals surface area contributed by atoms with Crippen molar-refractivity contribution in [1.82, 2.24) is 14.6 Å². The van der Waals surface area contributed by atoms with Crippen molar-refractivity contribution in [3.8, 4) is 0 Å². The Labute approximate surface area is 109 Å². The molecule has 0 aliphatic heterocycles. The van der Waals surface area contributed by atoms with Crippen LogP contribution in [0.1, 0.15) is 18.9 Å². The minimum absolute atomic E-state index is 0.129. The first-order valence-corrected chi connectivity index (χ1v) is 7.71. The molecule has 0 saturated carbocycles. The molecular formula is C12H21N3O2S. The number of pyridine rings is 1. The number of aromatic nitrogens is 1. The third-order valence-electron chi connectivity index (χ3n) is 2.57. The van der Waals surface area contributed by atoms with E-state index >= 15 is 0 Å². The van der Waals surface area contributed by atoms with Crippen molar-refractivity contribution in [1.29, 1.82) is 0 Å². The van der Waals surface area contributed by atoms with Crippen LogP contribution in [0.2, 0.25) is 0 Å². The van der Waals surface area contributed by atoms with Crippen LogP contribution in [0.25, 0.3) is 0 Å². The third-order valence-corrected chi connectivity index (χ3v) is 4.37. The van der Waals surface area contributed by atoms with Crippen molar-refractivity contribution >= 4 is 10.0 Å². The molecule has 0 atom stereocenters. The lowest BCUT2D eigenvalue weighted by molar-refractivity contribution is 0.464. The minimum atomic E-state index is -3.20. The van der Waals surface area contributed by atoms with E-state index in [0.717, 1.165) is 18.5 Å². The molecule has 0 saturated heterocycles. The van der Waals surface area contributed by atoms with Crippen LogP contribution in [-0.2, 0) is 16.6 Å². The molecule has 18 heavy (non-hydrogen) atoms. The van der Waals surface area contributed by atoms with Crippen molar-refractivity contribution in [2.45, 2.75) is 19.9 Å². The summed E-state index contributed by atoms with van der Waals surface area (Å²) in [6.07, 6.45) is 4.36. The fraction of sp³-hybridized carbons (Fsp3) is 0.583. The minimum Gasteiger partial charge on any atom is -0.316 e. The van der Waals surface area contributed by atoms with E-state index in [1.54, 1.807) is 25.5 Å². The molecule has 1 aromatic heterocycles. The molecule has 0 aromatic carbocycles. The van der Waals surface area contributed by atoms with E-state index in [4.69, 9.17) is 0 Å². The van der Waals surface area contributed by atoms with Crippen LogP contribution in [0, 0.1) is 0 Å². The summed E-state index contributed by atoms with van der Waals surface area (Å²) in [6.45, 7) is 3.76. The van der Waals surface area contributed by atoms with Crippen LogP contribution in [-0.4, -0.2) is 43.6 Å². The molecule has 0 fully saturated rings. The van der Waals surface area contributed by atoms with Gasteiger partial charge in [0.25, 0.3) is 0 Å². The summed E-state index contributed by atoms with van der Waals surface area (Å²) < 4.78 is 25.3. The number of sulfonamides is 1.